The number of fused-ring (bicyclic) bond motifs is 1. The maximum atomic E-state index is 12.1. The highest BCUT2D eigenvalue weighted by atomic mass is 19.4. The Morgan fingerprint density at radius 1 is 1.22 bits per heavy atom. The van der Waals surface area contributed by atoms with Gasteiger partial charge in [0.25, 0.3) is 5.78 Å². The van der Waals surface area contributed by atoms with Crippen LogP contribution in [-0.4, -0.2) is 25.9 Å². The highest BCUT2D eigenvalue weighted by Gasteiger charge is 2.30. The number of alkyl halides is 3. The summed E-state index contributed by atoms with van der Waals surface area (Å²) in [6.45, 7) is 1.96. The molecule has 2 aromatic heterocycles. The van der Waals surface area contributed by atoms with Gasteiger partial charge in [-0.2, -0.15) is 14.6 Å². The molecule has 1 N–H and O–H groups in total. The zero-order chi connectivity index (χ0) is 16.4. The van der Waals surface area contributed by atoms with E-state index in [1.807, 2.05) is 13.0 Å². The van der Waals surface area contributed by atoms with E-state index in [9.17, 15) is 13.2 Å². The molecule has 3 aromatic rings. The molecule has 9 heteroatoms. The van der Waals surface area contributed by atoms with Crippen molar-refractivity contribution in [2.75, 3.05) is 5.32 Å². The maximum absolute atomic E-state index is 12.1. The Hall–Kier alpha value is -2.84. The summed E-state index contributed by atoms with van der Waals surface area (Å²) >= 11 is 0. The predicted molar refractivity (Wildman–Crippen MR) is 76.6 cm³/mol. The first-order valence-corrected chi connectivity index (χ1v) is 6.77. The summed E-state index contributed by atoms with van der Waals surface area (Å²) < 4.78 is 41.8. The summed E-state index contributed by atoms with van der Waals surface area (Å²) in [6, 6.07) is 7.24. The van der Waals surface area contributed by atoms with E-state index in [0.717, 1.165) is 12.1 Å². The molecule has 0 aliphatic carbocycles. The summed E-state index contributed by atoms with van der Waals surface area (Å²) in [4.78, 5) is 8.35. The molecule has 120 valence electrons. The van der Waals surface area contributed by atoms with Crippen LogP contribution in [0.15, 0.2) is 36.7 Å². The quantitative estimate of drug-likeness (QED) is 0.798. The molecule has 0 saturated carbocycles. The summed E-state index contributed by atoms with van der Waals surface area (Å²) in [5, 5.41) is 7.14. The molecule has 1 aromatic carbocycles. The summed E-state index contributed by atoms with van der Waals surface area (Å²) in [5.74, 6) is 0.788. The van der Waals surface area contributed by atoms with Crippen LogP contribution in [0.1, 0.15) is 12.6 Å². The van der Waals surface area contributed by atoms with E-state index < -0.39 is 6.36 Å². The zero-order valence-corrected chi connectivity index (χ0v) is 12.0. The number of anilines is 2. The SMILES string of the molecule is CCc1cc(Nc2ccc(OC(F)(F)F)cc2)n2ncnc2n1. The zero-order valence-electron chi connectivity index (χ0n) is 12.0. The third-order valence-corrected chi connectivity index (χ3v) is 3.03. The van der Waals surface area contributed by atoms with Gasteiger partial charge in [0, 0.05) is 17.4 Å². The predicted octanol–water partition coefficient (Wildman–Crippen LogP) is 3.33. The van der Waals surface area contributed by atoms with Gasteiger partial charge in [-0.25, -0.2) is 4.98 Å². The molecule has 0 radical (unpaired) electrons. The third-order valence-electron chi connectivity index (χ3n) is 3.03. The van der Waals surface area contributed by atoms with E-state index in [2.05, 4.69) is 25.1 Å². The molecule has 0 aliphatic rings. The fraction of sp³-hybridized carbons (Fsp3) is 0.214. The van der Waals surface area contributed by atoms with E-state index in [1.165, 1.54) is 35.1 Å². The lowest BCUT2D eigenvalue weighted by Gasteiger charge is -2.11. The van der Waals surface area contributed by atoms with E-state index in [1.54, 1.807) is 0 Å². The van der Waals surface area contributed by atoms with Crippen LogP contribution < -0.4 is 10.1 Å². The standard InChI is InChI=1S/C14H12F3N5O/c1-2-9-7-12(22-13(21-9)18-8-19-22)20-10-3-5-11(6-4-10)23-14(15,16)17/h3-8,20H,2H2,1H3. The number of aromatic nitrogens is 4. The lowest BCUT2D eigenvalue weighted by Crippen LogP contribution is -2.17. The van der Waals surface area contributed by atoms with Crippen LogP contribution in [0, 0.1) is 0 Å². The number of benzene rings is 1. The molecule has 6 nitrogen and oxygen atoms in total. The van der Waals surface area contributed by atoms with Gasteiger partial charge in [-0.1, -0.05) is 6.92 Å². The van der Waals surface area contributed by atoms with Crippen molar-refractivity contribution in [1.82, 2.24) is 19.6 Å². The first-order chi connectivity index (χ1) is 10.9. The molecule has 3 rings (SSSR count). The molecular weight excluding hydrogens is 311 g/mol. The molecule has 23 heavy (non-hydrogen) atoms. The molecule has 0 fully saturated rings. The van der Waals surface area contributed by atoms with Gasteiger partial charge in [-0.05, 0) is 30.7 Å². The second-order valence-corrected chi connectivity index (χ2v) is 4.66. The Labute approximate surface area is 128 Å². The lowest BCUT2D eigenvalue weighted by atomic mass is 10.3. The van der Waals surface area contributed by atoms with Gasteiger partial charge in [-0.3, -0.25) is 0 Å². The molecule has 0 atom stereocenters. The second-order valence-electron chi connectivity index (χ2n) is 4.66. The van der Waals surface area contributed by atoms with Crippen LogP contribution in [0.3, 0.4) is 0 Å². The van der Waals surface area contributed by atoms with Crippen molar-refractivity contribution in [2.24, 2.45) is 0 Å². The van der Waals surface area contributed by atoms with Gasteiger partial charge >= 0.3 is 6.36 Å². The van der Waals surface area contributed by atoms with Crippen molar-refractivity contribution >= 4 is 17.3 Å². The van der Waals surface area contributed by atoms with Gasteiger partial charge in [0.05, 0.1) is 0 Å². The van der Waals surface area contributed by atoms with E-state index in [4.69, 9.17) is 0 Å². The summed E-state index contributed by atoms with van der Waals surface area (Å²) in [5.41, 5.74) is 1.41. The van der Waals surface area contributed by atoms with Crippen LogP contribution in [-0.2, 0) is 6.42 Å². The van der Waals surface area contributed by atoms with Gasteiger partial charge in [0.1, 0.15) is 17.9 Å². The highest BCUT2D eigenvalue weighted by molar-refractivity contribution is 5.59. The number of nitrogens with one attached hydrogen (secondary N) is 1. The molecule has 0 spiro atoms. The number of halogens is 3. The van der Waals surface area contributed by atoms with Gasteiger partial charge in [0.2, 0.25) is 0 Å². The monoisotopic (exact) mass is 323 g/mol. The molecule has 0 amide bonds. The van der Waals surface area contributed by atoms with E-state index >= 15 is 0 Å². The summed E-state index contributed by atoms with van der Waals surface area (Å²) in [6.07, 6.45) is -2.60. The number of hydrogen-bond donors (Lipinski definition) is 1. The number of aryl methyl sites for hydroxylation is 1. The van der Waals surface area contributed by atoms with E-state index in [0.29, 0.717) is 17.3 Å². The van der Waals surface area contributed by atoms with Crippen LogP contribution in [0.5, 0.6) is 5.75 Å². The van der Waals surface area contributed by atoms with Crippen LogP contribution in [0.4, 0.5) is 24.7 Å². The van der Waals surface area contributed by atoms with Crippen LogP contribution in [0.2, 0.25) is 0 Å². The van der Waals surface area contributed by atoms with Crippen LogP contribution in [0.25, 0.3) is 5.78 Å². The van der Waals surface area contributed by atoms with Crippen LogP contribution >= 0.6 is 0 Å². The Morgan fingerprint density at radius 3 is 2.61 bits per heavy atom. The lowest BCUT2D eigenvalue weighted by molar-refractivity contribution is -0.274. The van der Waals surface area contributed by atoms with Crippen molar-refractivity contribution < 1.29 is 17.9 Å². The Morgan fingerprint density at radius 2 is 1.96 bits per heavy atom. The smallest absolute Gasteiger partial charge is 0.406 e. The first-order valence-electron chi connectivity index (χ1n) is 6.77. The maximum Gasteiger partial charge on any atom is 0.573 e. The number of ether oxygens (including phenoxy) is 1. The Bertz CT molecular complexity index is 813. The third kappa shape index (κ3) is 3.50. The van der Waals surface area contributed by atoms with Crippen molar-refractivity contribution in [1.29, 1.82) is 0 Å². The van der Waals surface area contributed by atoms with Gasteiger partial charge < -0.3 is 10.1 Å². The minimum atomic E-state index is -4.71. The number of rotatable bonds is 4. The molecular formula is C14H12F3N5O. The molecule has 0 unspecified atom stereocenters. The van der Waals surface area contributed by atoms with Crippen molar-refractivity contribution in [3.8, 4) is 5.75 Å². The highest BCUT2D eigenvalue weighted by Crippen LogP contribution is 2.25. The fourth-order valence-corrected chi connectivity index (χ4v) is 2.02. The minimum Gasteiger partial charge on any atom is -0.406 e. The van der Waals surface area contributed by atoms with Crippen molar-refractivity contribution in [2.45, 2.75) is 19.7 Å². The average Bonchev–Trinajstić information content (AvgIpc) is 2.96. The average molecular weight is 323 g/mol. The van der Waals surface area contributed by atoms with Gasteiger partial charge in [0.15, 0.2) is 0 Å². The second kappa shape index (κ2) is 5.75. The normalized spacial score (nSPS) is 11.7. The van der Waals surface area contributed by atoms with Crippen molar-refractivity contribution in [3.63, 3.8) is 0 Å². The van der Waals surface area contributed by atoms with E-state index in [-0.39, 0.29) is 5.75 Å². The minimum absolute atomic E-state index is 0.280. The van der Waals surface area contributed by atoms with Crippen molar-refractivity contribution in [3.05, 3.63) is 42.4 Å². The first kappa shape index (κ1) is 15.1. The number of nitrogens with zero attached hydrogens (tertiary/aromatic N) is 4. The summed E-state index contributed by atoms with van der Waals surface area (Å²) in [7, 11) is 0. The Balaban J connectivity index is 1.86. The molecule has 0 saturated heterocycles. The van der Waals surface area contributed by atoms with Gasteiger partial charge in [-0.15, -0.1) is 13.2 Å². The molecule has 2 heterocycles. The topological polar surface area (TPSA) is 64.3 Å². The Kier molecular flexibility index (Phi) is 3.77. The largest absolute Gasteiger partial charge is 0.573 e. The molecule has 0 aliphatic heterocycles. The fourth-order valence-electron chi connectivity index (χ4n) is 2.02. The molecule has 0 bridgehead atoms. The number of hydrogen-bond acceptors (Lipinski definition) is 5.